The zero-order valence-electron chi connectivity index (χ0n) is 15.5. The third kappa shape index (κ3) is 6.24. The molecule has 0 aliphatic carbocycles. The van der Waals surface area contributed by atoms with Crippen LogP contribution in [0.2, 0.25) is 0 Å². The number of hydrogen-bond donors (Lipinski definition) is 2. The van der Waals surface area contributed by atoms with Crippen LogP contribution in [0.1, 0.15) is 44.2 Å². The minimum absolute atomic E-state index is 0.240. The molecule has 0 saturated heterocycles. The molecule has 138 valence electrons. The van der Waals surface area contributed by atoms with Gasteiger partial charge in [0.05, 0.1) is 0 Å². The average Bonchev–Trinajstić information content (AvgIpc) is 2.65. The second kappa shape index (κ2) is 9.61. The van der Waals surface area contributed by atoms with E-state index in [1.165, 1.54) is 5.56 Å². The summed E-state index contributed by atoms with van der Waals surface area (Å²) in [5.41, 5.74) is 7.12. The lowest BCUT2D eigenvalue weighted by Crippen LogP contribution is -2.47. The molecule has 0 spiro atoms. The van der Waals surface area contributed by atoms with Crippen molar-refractivity contribution in [2.24, 2.45) is 0 Å². The Labute approximate surface area is 154 Å². The molecule has 2 aromatic rings. The molecule has 1 atom stereocenters. The highest BCUT2D eigenvalue weighted by Crippen LogP contribution is 2.19. The van der Waals surface area contributed by atoms with Crippen LogP contribution in [0.25, 0.3) is 0 Å². The molecule has 0 radical (unpaired) electrons. The van der Waals surface area contributed by atoms with Crippen molar-refractivity contribution in [1.82, 2.24) is 10.9 Å². The van der Waals surface area contributed by atoms with Gasteiger partial charge >= 0.3 is 0 Å². The lowest BCUT2D eigenvalue weighted by atomic mass is 10.0. The SMILES string of the molecule is CC(Oc1ccc(C(C)C)cc1)C(=O)NNC(=O)CCc1ccccc1. The largest absolute Gasteiger partial charge is 0.481 e. The van der Waals surface area contributed by atoms with Crippen molar-refractivity contribution in [3.63, 3.8) is 0 Å². The Morgan fingerprint density at radius 1 is 0.923 bits per heavy atom. The van der Waals surface area contributed by atoms with E-state index < -0.39 is 12.0 Å². The maximum Gasteiger partial charge on any atom is 0.279 e. The van der Waals surface area contributed by atoms with Crippen molar-refractivity contribution >= 4 is 11.8 Å². The highest BCUT2D eigenvalue weighted by Gasteiger charge is 2.15. The first-order valence-electron chi connectivity index (χ1n) is 8.85. The summed E-state index contributed by atoms with van der Waals surface area (Å²) >= 11 is 0. The van der Waals surface area contributed by atoms with Gasteiger partial charge in [-0.1, -0.05) is 56.3 Å². The molecule has 26 heavy (non-hydrogen) atoms. The zero-order valence-corrected chi connectivity index (χ0v) is 15.5. The molecule has 0 aromatic heterocycles. The lowest BCUT2D eigenvalue weighted by molar-refractivity contribution is -0.132. The number of aryl methyl sites for hydroxylation is 1. The van der Waals surface area contributed by atoms with Crippen LogP contribution in [0.4, 0.5) is 0 Å². The summed E-state index contributed by atoms with van der Waals surface area (Å²) in [7, 11) is 0. The summed E-state index contributed by atoms with van der Waals surface area (Å²) in [4.78, 5) is 23.9. The van der Waals surface area contributed by atoms with E-state index in [-0.39, 0.29) is 5.91 Å². The van der Waals surface area contributed by atoms with Gasteiger partial charge in [0.2, 0.25) is 5.91 Å². The molecule has 2 rings (SSSR count). The number of ether oxygens (including phenoxy) is 1. The highest BCUT2D eigenvalue weighted by atomic mass is 16.5. The number of benzene rings is 2. The van der Waals surface area contributed by atoms with Crippen LogP contribution in [0.3, 0.4) is 0 Å². The van der Waals surface area contributed by atoms with Crippen molar-refractivity contribution in [2.45, 2.75) is 45.6 Å². The first-order chi connectivity index (χ1) is 12.5. The molecule has 0 fully saturated rings. The Morgan fingerprint density at radius 3 is 2.19 bits per heavy atom. The number of hydrogen-bond acceptors (Lipinski definition) is 3. The summed E-state index contributed by atoms with van der Waals surface area (Å²) in [5.74, 6) is 0.421. The van der Waals surface area contributed by atoms with Crippen LogP contribution in [0, 0.1) is 0 Å². The molecule has 2 N–H and O–H groups in total. The fourth-order valence-electron chi connectivity index (χ4n) is 2.39. The molecule has 0 bridgehead atoms. The predicted octanol–water partition coefficient (Wildman–Crippen LogP) is 3.36. The number of amides is 2. The maximum atomic E-state index is 12.1. The first kappa shape index (κ1) is 19.5. The van der Waals surface area contributed by atoms with Crippen LogP contribution < -0.4 is 15.6 Å². The van der Waals surface area contributed by atoms with Gasteiger partial charge in [0, 0.05) is 6.42 Å². The quantitative estimate of drug-likeness (QED) is 0.749. The van der Waals surface area contributed by atoms with Crippen LogP contribution in [-0.4, -0.2) is 17.9 Å². The normalized spacial score (nSPS) is 11.7. The average molecular weight is 354 g/mol. The number of hydrazine groups is 1. The topological polar surface area (TPSA) is 67.4 Å². The van der Waals surface area contributed by atoms with E-state index in [0.29, 0.717) is 24.5 Å². The van der Waals surface area contributed by atoms with E-state index in [4.69, 9.17) is 4.74 Å². The van der Waals surface area contributed by atoms with E-state index in [2.05, 4.69) is 24.7 Å². The molecule has 2 amide bonds. The van der Waals surface area contributed by atoms with Crippen molar-refractivity contribution in [3.8, 4) is 5.75 Å². The van der Waals surface area contributed by atoms with Crippen LogP contribution >= 0.6 is 0 Å². The minimum atomic E-state index is -0.714. The van der Waals surface area contributed by atoms with Crippen LogP contribution in [-0.2, 0) is 16.0 Å². The maximum absolute atomic E-state index is 12.1. The van der Waals surface area contributed by atoms with Crippen molar-refractivity contribution in [1.29, 1.82) is 0 Å². The van der Waals surface area contributed by atoms with Crippen molar-refractivity contribution in [2.75, 3.05) is 0 Å². The molecule has 5 nitrogen and oxygen atoms in total. The van der Waals surface area contributed by atoms with E-state index in [0.717, 1.165) is 5.56 Å². The van der Waals surface area contributed by atoms with Gasteiger partial charge in [-0.3, -0.25) is 20.4 Å². The summed E-state index contributed by atoms with van der Waals surface area (Å²) in [6.45, 7) is 5.88. The minimum Gasteiger partial charge on any atom is -0.481 e. The number of nitrogens with one attached hydrogen (secondary N) is 2. The Morgan fingerprint density at radius 2 is 1.58 bits per heavy atom. The molecule has 0 heterocycles. The fourth-order valence-corrected chi connectivity index (χ4v) is 2.39. The molecule has 2 aromatic carbocycles. The van der Waals surface area contributed by atoms with E-state index >= 15 is 0 Å². The molecule has 1 unspecified atom stereocenters. The van der Waals surface area contributed by atoms with Crippen molar-refractivity contribution < 1.29 is 14.3 Å². The third-order valence-corrected chi connectivity index (χ3v) is 4.04. The zero-order chi connectivity index (χ0) is 18.9. The summed E-state index contributed by atoms with van der Waals surface area (Å²) < 4.78 is 5.61. The molecule has 0 aliphatic rings. The Bertz CT molecular complexity index is 712. The summed E-state index contributed by atoms with van der Waals surface area (Å²) in [5, 5.41) is 0. The van der Waals surface area contributed by atoms with Gasteiger partial charge in [0.15, 0.2) is 6.10 Å². The first-order valence-corrected chi connectivity index (χ1v) is 8.85. The monoisotopic (exact) mass is 354 g/mol. The predicted molar refractivity (Wildman–Crippen MR) is 102 cm³/mol. The van der Waals surface area contributed by atoms with E-state index in [1.807, 2.05) is 54.6 Å². The van der Waals surface area contributed by atoms with Gasteiger partial charge in [-0.2, -0.15) is 0 Å². The number of carbonyl (C=O) groups is 2. The summed E-state index contributed by atoms with van der Waals surface area (Å²) in [6, 6.07) is 17.4. The Balaban J connectivity index is 1.73. The number of rotatable bonds is 7. The van der Waals surface area contributed by atoms with E-state index in [9.17, 15) is 9.59 Å². The van der Waals surface area contributed by atoms with Gasteiger partial charge in [-0.25, -0.2) is 0 Å². The third-order valence-electron chi connectivity index (χ3n) is 4.04. The Kier molecular flexibility index (Phi) is 7.21. The Hall–Kier alpha value is -2.82. The van der Waals surface area contributed by atoms with Crippen LogP contribution in [0.5, 0.6) is 5.75 Å². The van der Waals surface area contributed by atoms with Gasteiger partial charge in [-0.15, -0.1) is 0 Å². The molecular formula is C21H26N2O3. The van der Waals surface area contributed by atoms with Gasteiger partial charge in [0.1, 0.15) is 5.75 Å². The van der Waals surface area contributed by atoms with Crippen LogP contribution in [0.15, 0.2) is 54.6 Å². The number of carbonyl (C=O) groups excluding carboxylic acids is 2. The highest BCUT2D eigenvalue weighted by molar-refractivity contribution is 5.84. The van der Waals surface area contributed by atoms with Gasteiger partial charge in [0.25, 0.3) is 5.91 Å². The standard InChI is InChI=1S/C21H26N2O3/c1-15(2)18-10-12-19(13-11-18)26-16(3)21(25)23-22-20(24)14-9-17-7-5-4-6-8-17/h4-8,10-13,15-16H,9,14H2,1-3H3,(H,22,24)(H,23,25). The molecule has 5 heteroatoms. The summed E-state index contributed by atoms with van der Waals surface area (Å²) in [6.07, 6.45) is 0.210. The fraction of sp³-hybridized carbons (Fsp3) is 0.333. The molecular weight excluding hydrogens is 328 g/mol. The lowest BCUT2D eigenvalue weighted by Gasteiger charge is -2.16. The van der Waals surface area contributed by atoms with Gasteiger partial charge in [-0.05, 0) is 42.5 Å². The molecule has 0 aliphatic heterocycles. The van der Waals surface area contributed by atoms with Gasteiger partial charge < -0.3 is 4.74 Å². The smallest absolute Gasteiger partial charge is 0.279 e. The van der Waals surface area contributed by atoms with E-state index in [1.54, 1.807) is 6.92 Å². The van der Waals surface area contributed by atoms with Crippen molar-refractivity contribution in [3.05, 3.63) is 65.7 Å². The second-order valence-corrected chi connectivity index (χ2v) is 6.51. The second-order valence-electron chi connectivity index (χ2n) is 6.51. The molecule has 0 saturated carbocycles.